The summed E-state index contributed by atoms with van der Waals surface area (Å²) in [5, 5.41) is 8.82. The standard InChI is InChI=1S/C13H13FN2/c14-12-6-13-10(5-11(12)7-15)4-9-2-1-3-16(13)8-9/h5-6,9H,1-4,8H2. The van der Waals surface area contributed by atoms with Crippen molar-refractivity contribution in [3.05, 3.63) is 29.1 Å². The van der Waals surface area contributed by atoms with Crippen LogP contribution in [0.5, 0.6) is 0 Å². The van der Waals surface area contributed by atoms with Crippen LogP contribution in [0.25, 0.3) is 0 Å². The molecule has 0 aromatic heterocycles. The van der Waals surface area contributed by atoms with Crippen molar-refractivity contribution in [3.63, 3.8) is 0 Å². The van der Waals surface area contributed by atoms with Gasteiger partial charge >= 0.3 is 0 Å². The van der Waals surface area contributed by atoms with Gasteiger partial charge in [0.05, 0.1) is 5.56 Å². The van der Waals surface area contributed by atoms with Crippen molar-refractivity contribution in [1.82, 2.24) is 0 Å². The average molecular weight is 216 g/mol. The number of benzene rings is 1. The van der Waals surface area contributed by atoms with Crippen molar-refractivity contribution in [2.24, 2.45) is 5.92 Å². The third-order valence-electron chi connectivity index (χ3n) is 3.66. The molecule has 0 amide bonds. The van der Waals surface area contributed by atoms with Gasteiger partial charge in [-0.25, -0.2) is 4.39 Å². The fourth-order valence-corrected chi connectivity index (χ4v) is 2.91. The first kappa shape index (κ1) is 9.65. The summed E-state index contributed by atoms with van der Waals surface area (Å²) in [6.07, 6.45) is 3.46. The van der Waals surface area contributed by atoms with Crippen LogP contribution in [-0.4, -0.2) is 13.1 Å². The molecule has 3 heteroatoms. The topological polar surface area (TPSA) is 27.0 Å². The summed E-state index contributed by atoms with van der Waals surface area (Å²) >= 11 is 0. The molecule has 1 atom stereocenters. The molecule has 2 bridgehead atoms. The largest absolute Gasteiger partial charge is 0.371 e. The molecule has 2 aliphatic heterocycles. The number of fused-ring (bicyclic) bond motifs is 4. The van der Waals surface area contributed by atoms with Gasteiger partial charge in [0.25, 0.3) is 0 Å². The average Bonchev–Trinajstić information content (AvgIpc) is 2.30. The molecule has 1 fully saturated rings. The maximum absolute atomic E-state index is 13.6. The highest BCUT2D eigenvalue weighted by Gasteiger charge is 2.28. The molecule has 2 heterocycles. The Bertz CT molecular complexity index is 476. The molecule has 0 spiro atoms. The Morgan fingerprint density at radius 2 is 2.31 bits per heavy atom. The van der Waals surface area contributed by atoms with Gasteiger partial charge in [-0.1, -0.05) is 0 Å². The van der Waals surface area contributed by atoms with E-state index in [1.54, 1.807) is 6.07 Å². The van der Waals surface area contributed by atoms with Crippen LogP contribution >= 0.6 is 0 Å². The Labute approximate surface area is 94.3 Å². The van der Waals surface area contributed by atoms with E-state index in [0.29, 0.717) is 5.92 Å². The smallest absolute Gasteiger partial charge is 0.143 e. The van der Waals surface area contributed by atoms with Gasteiger partial charge in [-0.2, -0.15) is 5.26 Å². The van der Waals surface area contributed by atoms with Crippen molar-refractivity contribution < 1.29 is 4.39 Å². The lowest BCUT2D eigenvalue weighted by Gasteiger charge is -2.40. The summed E-state index contributed by atoms with van der Waals surface area (Å²) < 4.78 is 13.6. The van der Waals surface area contributed by atoms with Gasteiger partial charge in [-0.15, -0.1) is 0 Å². The molecule has 0 N–H and O–H groups in total. The van der Waals surface area contributed by atoms with E-state index in [9.17, 15) is 4.39 Å². The van der Waals surface area contributed by atoms with Gasteiger partial charge in [0, 0.05) is 18.8 Å². The zero-order chi connectivity index (χ0) is 11.1. The molecule has 0 saturated carbocycles. The molecule has 82 valence electrons. The van der Waals surface area contributed by atoms with Crippen LogP contribution in [0.2, 0.25) is 0 Å². The second-order valence-corrected chi connectivity index (χ2v) is 4.73. The molecule has 1 saturated heterocycles. The predicted molar refractivity (Wildman–Crippen MR) is 59.8 cm³/mol. The van der Waals surface area contributed by atoms with Crippen molar-refractivity contribution in [2.75, 3.05) is 18.0 Å². The third kappa shape index (κ3) is 1.37. The van der Waals surface area contributed by atoms with Crippen LogP contribution in [0, 0.1) is 23.1 Å². The van der Waals surface area contributed by atoms with E-state index in [1.165, 1.54) is 18.9 Å². The lowest BCUT2D eigenvalue weighted by Crippen LogP contribution is -2.40. The molecule has 1 unspecified atom stereocenters. The number of piperidine rings is 1. The summed E-state index contributed by atoms with van der Waals surface area (Å²) in [6, 6.07) is 5.19. The number of anilines is 1. The van der Waals surface area contributed by atoms with Gasteiger partial charge in [0.1, 0.15) is 11.9 Å². The highest BCUT2D eigenvalue weighted by Crippen LogP contribution is 2.36. The van der Waals surface area contributed by atoms with Crippen LogP contribution in [-0.2, 0) is 6.42 Å². The van der Waals surface area contributed by atoms with E-state index in [-0.39, 0.29) is 11.4 Å². The maximum atomic E-state index is 13.6. The monoisotopic (exact) mass is 216 g/mol. The van der Waals surface area contributed by atoms with Crippen LogP contribution in [0.4, 0.5) is 10.1 Å². The number of nitrogens with zero attached hydrogens (tertiary/aromatic N) is 2. The first-order valence-electron chi connectivity index (χ1n) is 5.75. The zero-order valence-electron chi connectivity index (χ0n) is 9.04. The Balaban J connectivity index is 2.10. The molecule has 16 heavy (non-hydrogen) atoms. The quantitative estimate of drug-likeness (QED) is 0.666. The summed E-state index contributed by atoms with van der Waals surface area (Å²) in [4.78, 5) is 2.26. The third-order valence-corrected chi connectivity index (χ3v) is 3.66. The van der Waals surface area contributed by atoms with Crippen LogP contribution in [0.1, 0.15) is 24.0 Å². The van der Waals surface area contributed by atoms with Gasteiger partial charge in [-0.05, 0) is 42.9 Å². The van der Waals surface area contributed by atoms with Gasteiger partial charge in [0.2, 0.25) is 0 Å². The van der Waals surface area contributed by atoms with Crippen molar-refractivity contribution in [3.8, 4) is 6.07 Å². The van der Waals surface area contributed by atoms with E-state index in [0.717, 1.165) is 30.8 Å². The Morgan fingerprint density at radius 3 is 3.12 bits per heavy atom. The normalized spacial score (nSPS) is 22.5. The van der Waals surface area contributed by atoms with E-state index < -0.39 is 0 Å². The van der Waals surface area contributed by atoms with Crippen LogP contribution < -0.4 is 4.90 Å². The minimum atomic E-state index is -0.384. The first-order chi connectivity index (χ1) is 7.78. The lowest BCUT2D eigenvalue weighted by molar-refractivity contribution is 0.395. The Hall–Kier alpha value is -1.56. The maximum Gasteiger partial charge on any atom is 0.143 e. The number of nitriles is 1. The molecule has 0 radical (unpaired) electrons. The van der Waals surface area contributed by atoms with Gasteiger partial charge < -0.3 is 4.90 Å². The Kier molecular flexibility index (Phi) is 2.10. The van der Waals surface area contributed by atoms with Gasteiger partial charge in [-0.3, -0.25) is 0 Å². The Morgan fingerprint density at radius 1 is 1.44 bits per heavy atom. The summed E-state index contributed by atoms with van der Waals surface area (Å²) in [6.45, 7) is 2.08. The van der Waals surface area contributed by atoms with Crippen LogP contribution in [0.15, 0.2) is 12.1 Å². The number of halogens is 1. The summed E-state index contributed by atoms with van der Waals surface area (Å²) in [7, 11) is 0. The molecule has 2 aliphatic rings. The number of hydrogen-bond donors (Lipinski definition) is 0. The van der Waals surface area contributed by atoms with Crippen molar-refractivity contribution in [2.45, 2.75) is 19.3 Å². The van der Waals surface area contributed by atoms with Crippen LogP contribution in [0.3, 0.4) is 0 Å². The first-order valence-corrected chi connectivity index (χ1v) is 5.75. The van der Waals surface area contributed by atoms with E-state index in [4.69, 9.17) is 5.26 Å². The molecule has 3 rings (SSSR count). The zero-order valence-corrected chi connectivity index (χ0v) is 9.04. The lowest BCUT2D eigenvalue weighted by atomic mass is 9.85. The molecule has 0 aliphatic carbocycles. The number of hydrogen-bond acceptors (Lipinski definition) is 2. The van der Waals surface area contributed by atoms with Crippen molar-refractivity contribution >= 4 is 5.69 Å². The molecular weight excluding hydrogens is 203 g/mol. The van der Waals surface area contributed by atoms with E-state index in [2.05, 4.69) is 4.90 Å². The molecule has 1 aromatic carbocycles. The molecule has 2 nitrogen and oxygen atoms in total. The summed E-state index contributed by atoms with van der Waals surface area (Å²) in [5.74, 6) is 0.309. The summed E-state index contributed by atoms with van der Waals surface area (Å²) in [5.41, 5.74) is 2.33. The van der Waals surface area contributed by atoms with Gasteiger partial charge in [0.15, 0.2) is 0 Å². The molecular formula is C13H13FN2. The van der Waals surface area contributed by atoms with E-state index in [1.807, 2.05) is 6.07 Å². The second kappa shape index (κ2) is 3.48. The minimum Gasteiger partial charge on any atom is -0.371 e. The fourth-order valence-electron chi connectivity index (χ4n) is 2.91. The molecule has 1 aromatic rings. The van der Waals surface area contributed by atoms with Crippen molar-refractivity contribution in [1.29, 1.82) is 5.26 Å². The second-order valence-electron chi connectivity index (χ2n) is 4.73. The fraction of sp³-hybridized carbons (Fsp3) is 0.462. The predicted octanol–water partition coefficient (Wildman–Crippen LogP) is 2.47. The SMILES string of the molecule is N#Cc1cc2c(cc1F)N1CCCC(C2)C1. The minimum absolute atomic E-state index is 0.180. The number of rotatable bonds is 0. The highest BCUT2D eigenvalue weighted by molar-refractivity contribution is 5.59. The highest BCUT2D eigenvalue weighted by atomic mass is 19.1. The van der Waals surface area contributed by atoms with E-state index >= 15 is 0 Å².